The van der Waals surface area contributed by atoms with Gasteiger partial charge in [0.1, 0.15) is 0 Å². The number of aryl methyl sites for hydroxylation is 2. The monoisotopic (exact) mass is 281 g/mol. The second kappa shape index (κ2) is 5.23. The topological polar surface area (TPSA) is 50.2 Å². The Bertz CT molecular complexity index is 454. The van der Waals surface area contributed by atoms with Crippen LogP contribution in [-0.4, -0.2) is 16.1 Å². The molecule has 3 nitrogen and oxygen atoms in total. The summed E-state index contributed by atoms with van der Waals surface area (Å²) in [6.45, 7) is 6.49. The van der Waals surface area contributed by atoms with Crippen molar-refractivity contribution in [3.63, 3.8) is 0 Å². The lowest BCUT2D eigenvalue weighted by atomic mass is 9.63. The number of carboxylic acids is 1. The van der Waals surface area contributed by atoms with E-state index < -0.39 is 11.4 Å². The first-order chi connectivity index (χ1) is 8.85. The highest BCUT2D eigenvalue weighted by atomic mass is 32.1. The third kappa shape index (κ3) is 3.16. The fraction of sp³-hybridized carbons (Fsp3) is 0.733. The molecule has 0 aromatic carbocycles. The van der Waals surface area contributed by atoms with Crippen LogP contribution < -0.4 is 0 Å². The van der Waals surface area contributed by atoms with Gasteiger partial charge in [0.15, 0.2) is 0 Å². The van der Waals surface area contributed by atoms with Crippen LogP contribution in [0.25, 0.3) is 0 Å². The summed E-state index contributed by atoms with van der Waals surface area (Å²) in [5.74, 6) is -0.606. The second-order valence-corrected chi connectivity index (χ2v) is 7.55. The van der Waals surface area contributed by atoms with E-state index in [9.17, 15) is 9.90 Å². The fourth-order valence-corrected chi connectivity index (χ4v) is 3.68. The minimum absolute atomic E-state index is 0.305. The Morgan fingerprint density at radius 1 is 1.37 bits per heavy atom. The summed E-state index contributed by atoms with van der Waals surface area (Å²) >= 11 is 1.64. The van der Waals surface area contributed by atoms with E-state index in [1.807, 2.05) is 12.4 Å². The van der Waals surface area contributed by atoms with Crippen LogP contribution in [0, 0.1) is 17.8 Å². The summed E-state index contributed by atoms with van der Waals surface area (Å²) in [5, 5.41) is 9.64. The summed E-state index contributed by atoms with van der Waals surface area (Å²) in [6, 6.07) is 0. The van der Waals surface area contributed by atoms with Crippen molar-refractivity contribution in [2.75, 3.05) is 0 Å². The Balaban J connectivity index is 2.05. The Labute approximate surface area is 119 Å². The molecule has 1 heterocycles. The van der Waals surface area contributed by atoms with Crippen LogP contribution in [0.15, 0.2) is 5.51 Å². The maximum Gasteiger partial charge on any atom is 0.309 e. The van der Waals surface area contributed by atoms with Crippen LogP contribution in [0.3, 0.4) is 0 Å². The normalized spacial score (nSPS) is 21.2. The summed E-state index contributed by atoms with van der Waals surface area (Å²) < 4.78 is 0. The van der Waals surface area contributed by atoms with Crippen molar-refractivity contribution >= 4 is 17.3 Å². The van der Waals surface area contributed by atoms with Gasteiger partial charge in [0, 0.05) is 4.88 Å². The van der Waals surface area contributed by atoms with E-state index in [4.69, 9.17) is 0 Å². The molecule has 0 bridgehead atoms. The molecule has 1 aliphatic rings. The van der Waals surface area contributed by atoms with Gasteiger partial charge >= 0.3 is 5.97 Å². The van der Waals surface area contributed by atoms with Gasteiger partial charge in [0.05, 0.1) is 16.6 Å². The van der Waals surface area contributed by atoms with Crippen LogP contribution in [0.2, 0.25) is 0 Å². The van der Waals surface area contributed by atoms with E-state index >= 15 is 0 Å². The zero-order chi connectivity index (χ0) is 14.1. The molecule has 0 atom stereocenters. The average molecular weight is 281 g/mol. The van der Waals surface area contributed by atoms with Gasteiger partial charge in [-0.2, -0.15) is 0 Å². The number of aliphatic carboxylic acids is 1. The van der Waals surface area contributed by atoms with E-state index in [1.54, 1.807) is 11.3 Å². The molecule has 1 N–H and O–H groups in total. The van der Waals surface area contributed by atoms with Crippen molar-refractivity contribution in [2.24, 2.45) is 10.8 Å². The fourth-order valence-electron chi connectivity index (χ4n) is 2.90. The predicted octanol–water partition coefficient (Wildman–Crippen LogP) is 4.06. The quantitative estimate of drug-likeness (QED) is 0.905. The molecule has 106 valence electrons. The molecule has 0 radical (unpaired) electrons. The van der Waals surface area contributed by atoms with E-state index in [0.717, 1.165) is 44.2 Å². The van der Waals surface area contributed by atoms with Gasteiger partial charge in [-0.3, -0.25) is 4.79 Å². The largest absolute Gasteiger partial charge is 0.481 e. The molecule has 0 spiro atoms. The molecule has 4 heteroatoms. The number of carboxylic acid groups (broad SMARTS) is 1. The summed E-state index contributed by atoms with van der Waals surface area (Å²) in [4.78, 5) is 17.2. The minimum Gasteiger partial charge on any atom is -0.481 e. The average Bonchev–Trinajstić information content (AvgIpc) is 2.74. The molecule has 1 fully saturated rings. The first-order valence-electron chi connectivity index (χ1n) is 6.97. The molecule has 1 aliphatic carbocycles. The van der Waals surface area contributed by atoms with Crippen LogP contribution in [-0.2, 0) is 11.2 Å². The summed E-state index contributed by atoms with van der Waals surface area (Å²) in [5.41, 5.74) is 2.70. The van der Waals surface area contributed by atoms with Gasteiger partial charge in [-0.1, -0.05) is 13.8 Å². The van der Waals surface area contributed by atoms with Crippen LogP contribution in [0.5, 0.6) is 0 Å². The summed E-state index contributed by atoms with van der Waals surface area (Å²) in [7, 11) is 0. The zero-order valence-corrected chi connectivity index (χ0v) is 12.8. The SMILES string of the molecule is Cc1ncsc1CCC1(C(=O)O)CCC(C)(C)CC1. The van der Waals surface area contributed by atoms with Crippen molar-refractivity contribution < 1.29 is 9.90 Å². The number of rotatable bonds is 4. The predicted molar refractivity (Wildman–Crippen MR) is 77.5 cm³/mol. The smallest absolute Gasteiger partial charge is 0.309 e. The number of aromatic nitrogens is 1. The van der Waals surface area contributed by atoms with Crippen molar-refractivity contribution in [3.8, 4) is 0 Å². The number of nitrogens with zero attached hydrogens (tertiary/aromatic N) is 1. The molecule has 2 rings (SSSR count). The Kier molecular flexibility index (Phi) is 4.00. The third-order valence-corrected chi connectivity index (χ3v) is 5.68. The highest BCUT2D eigenvalue weighted by Crippen LogP contribution is 2.47. The van der Waals surface area contributed by atoms with Gasteiger partial charge in [0.2, 0.25) is 0 Å². The molecule has 0 amide bonds. The standard InChI is InChI=1S/C15H23NO2S/c1-11-12(19-10-16-11)4-5-15(13(17)18)8-6-14(2,3)7-9-15/h10H,4-9H2,1-3H3,(H,17,18). The number of hydrogen-bond donors (Lipinski definition) is 1. The van der Waals surface area contributed by atoms with Gasteiger partial charge in [-0.15, -0.1) is 11.3 Å². The maximum atomic E-state index is 11.7. The Morgan fingerprint density at radius 2 is 2.00 bits per heavy atom. The summed E-state index contributed by atoms with van der Waals surface area (Å²) in [6.07, 6.45) is 5.26. The lowest BCUT2D eigenvalue weighted by molar-refractivity contribution is -0.153. The van der Waals surface area contributed by atoms with Crippen molar-refractivity contribution in [3.05, 3.63) is 16.1 Å². The maximum absolute atomic E-state index is 11.7. The van der Waals surface area contributed by atoms with E-state index in [2.05, 4.69) is 18.8 Å². The molecule has 0 unspecified atom stereocenters. The van der Waals surface area contributed by atoms with Crippen molar-refractivity contribution in [2.45, 2.75) is 59.3 Å². The van der Waals surface area contributed by atoms with Gasteiger partial charge in [-0.25, -0.2) is 4.98 Å². The highest BCUT2D eigenvalue weighted by Gasteiger charge is 2.43. The van der Waals surface area contributed by atoms with Gasteiger partial charge in [-0.05, 0) is 50.9 Å². The van der Waals surface area contributed by atoms with Crippen molar-refractivity contribution in [1.29, 1.82) is 0 Å². The Hall–Kier alpha value is -0.900. The highest BCUT2D eigenvalue weighted by molar-refractivity contribution is 7.09. The molecular formula is C15H23NO2S. The van der Waals surface area contributed by atoms with Crippen LogP contribution in [0.1, 0.15) is 56.5 Å². The van der Waals surface area contributed by atoms with Crippen molar-refractivity contribution in [1.82, 2.24) is 4.98 Å². The van der Waals surface area contributed by atoms with Crippen LogP contribution >= 0.6 is 11.3 Å². The number of carbonyl (C=O) groups is 1. The first kappa shape index (κ1) is 14.5. The van der Waals surface area contributed by atoms with E-state index in [-0.39, 0.29) is 0 Å². The minimum atomic E-state index is -0.606. The lowest BCUT2D eigenvalue weighted by Gasteiger charge is -2.41. The lowest BCUT2D eigenvalue weighted by Crippen LogP contribution is -2.38. The second-order valence-electron chi connectivity index (χ2n) is 6.61. The molecule has 19 heavy (non-hydrogen) atoms. The Morgan fingerprint density at radius 3 is 2.47 bits per heavy atom. The molecule has 1 saturated carbocycles. The van der Waals surface area contributed by atoms with Gasteiger partial charge in [0.25, 0.3) is 0 Å². The van der Waals surface area contributed by atoms with E-state index in [1.165, 1.54) is 4.88 Å². The van der Waals surface area contributed by atoms with Gasteiger partial charge < -0.3 is 5.11 Å². The number of thiazole rings is 1. The molecule has 0 aliphatic heterocycles. The molecular weight excluding hydrogens is 258 g/mol. The first-order valence-corrected chi connectivity index (χ1v) is 7.85. The molecule has 0 saturated heterocycles. The molecule has 1 aromatic heterocycles. The third-order valence-electron chi connectivity index (χ3n) is 4.69. The zero-order valence-electron chi connectivity index (χ0n) is 12.0. The van der Waals surface area contributed by atoms with E-state index in [0.29, 0.717) is 5.41 Å². The van der Waals surface area contributed by atoms with Crippen LogP contribution in [0.4, 0.5) is 0 Å². The number of hydrogen-bond acceptors (Lipinski definition) is 3. The molecule has 1 aromatic rings.